The summed E-state index contributed by atoms with van der Waals surface area (Å²) < 4.78 is 5.60. The van der Waals surface area contributed by atoms with Gasteiger partial charge in [-0.1, -0.05) is 12.1 Å². The van der Waals surface area contributed by atoms with E-state index in [0.29, 0.717) is 11.4 Å². The number of thiazole rings is 1. The molecule has 0 saturated heterocycles. The van der Waals surface area contributed by atoms with Crippen LogP contribution in [-0.4, -0.2) is 29.4 Å². The summed E-state index contributed by atoms with van der Waals surface area (Å²) in [5.41, 5.74) is 1.55. The van der Waals surface area contributed by atoms with Gasteiger partial charge in [0, 0.05) is 4.88 Å². The molecule has 1 aromatic carbocycles. The van der Waals surface area contributed by atoms with Gasteiger partial charge in [0.1, 0.15) is 12.3 Å². The van der Waals surface area contributed by atoms with E-state index in [2.05, 4.69) is 10.3 Å². The number of amides is 2. The molecule has 1 aromatic heterocycles. The number of anilines is 1. The standard InChI is InChI=1S/C18H21N3O3S/c1-10-17(25-13(4)19-10)11(2)20-16(22)9-21-14-7-5-6-8-15(14)24-12(3)18(21)23/h5-8,11-12H,9H2,1-4H3,(H,20,22). The topological polar surface area (TPSA) is 71.5 Å². The molecule has 0 spiro atoms. The molecule has 2 heterocycles. The summed E-state index contributed by atoms with van der Waals surface area (Å²) in [5, 5.41) is 3.93. The Balaban J connectivity index is 1.74. The lowest BCUT2D eigenvalue weighted by Crippen LogP contribution is -2.49. The predicted octanol–water partition coefficient (Wildman–Crippen LogP) is 2.75. The van der Waals surface area contributed by atoms with E-state index in [1.54, 1.807) is 30.4 Å². The van der Waals surface area contributed by atoms with Crippen LogP contribution in [0.4, 0.5) is 5.69 Å². The van der Waals surface area contributed by atoms with Crippen molar-refractivity contribution in [2.24, 2.45) is 0 Å². The number of nitrogens with zero attached hydrogens (tertiary/aromatic N) is 2. The second-order valence-corrected chi connectivity index (χ2v) is 7.36. The molecule has 2 atom stereocenters. The van der Waals surface area contributed by atoms with Crippen LogP contribution >= 0.6 is 11.3 Å². The molecular formula is C18H21N3O3S. The Bertz CT molecular complexity index is 818. The Morgan fingerprint density at radius 2 is 2.12 bits per heavy atom. The second-order valence-electron chi connectivity index (χ2n) is 6.12. The highest BCUT2D eigenvalue weighted by Gasteiger charge is 2.32. The van der Waals surface area contributed by atoms with Crippen LogP contribution in [0, 0.1) is 13.8 Å². The summed E-state index contributed by atoms with van der Waals surface area (Å²) >= 11 is 1.57. The van der Waals surface area contributed by atoms with Crippen LogP contribution in [0.25, 0.3) is 0 Å². The quantitative estimate of drug-likeness (QED) is 0.911. The van der Waals surface area contributed by atoms with E-state index in [-0.39, 0.29) is 24.4 Å². The first-order valence-corrected chi connectivity index (χ1v) is 8.99. The monoisotopic (exact) mass is 359 g/mol. The molecule has 0 saturated carbocycles. The van der Waals surface area contributed by atoms with Gasteiger partial charge in [-0.3, -0.25) is 14.5 Å². The molecule has 7 heteroatoms. The highest BCUT2D eigenvalue weighted by atomic mass is 32.1. The SMILES string of the molecule is Cc1nc(C)c(C(C)NC(=O)CN2C(=O)C(C)Oc3ccccc32)s1. The second kappa shape index (κ2) is 6.84. The van der Waals surface area contributed by atoms with Crippen molar-refractivity contribution in [2.75, 3.05) is 11.4 Å². The van der Waals surface area contributed by atoms with Gasteiger partial charge >= 0.3 is 0 Å². The lowest BCUT2D eigenvalue weighted by molar-refractivity contribution is -0.128. The number of ether oxygens (including phenoxy) is 1. The Morgan fingerprint density at radius 1 is 1.40 bits per heavy atom. The number of hydrogen-bond donors (Lipinski definition) is 1. The number of nitrogens with one attached hydrogen (secondary N) is 1. The van der Waals surface area contributed by atoms with Gasteiger partial charge in [-0.15, -0.1) is 11.3 Å². The van der Waals surface area contributed by atoms with Gasteiger partial charge in [0.2, 0.25) is 5.91 Å². The Morgan fingerprint density at radius 3 is 2.80 bits per heavy atom. The number of aromatic nitrogens is 1. The van der Waals surface area contributed by atoms with Crippen LogP contribution in [0.5, 0.6) is 5.75 Å². The van der Waals surface area contributed by atoms with E-state index in [0.717, 1.165) is 15.6 Å². The van der Waals surface area contributed by atoms with Crippen molar-refractivity contribution >= 4 is 28.8 Å². The van der Waals surface area contributed by atoms with E-state index in [1.165, 1.54) is 4.90 Å². The van der Waals surface area contributed by atoms with Crippen molar-refractivity contribution in [3.8, 4) is 5.75 Å². The zero-order valence-corrected chi connectivity index (χ0v) is 15.5. The van der Waals surface area contributed by atoms with Gasteiger partial charge in [0.05, 0.1) is 22.4 Å². The summed E-state index contributed by atoms with van der Waals surface area (Å²) in [6.07, 6.45) is -0.605. The predicted molar refractivity (Wildman–Crippen MR) is 97.0 cm³/mol. The molecule has 3 rings (SSSR count). The Hall–Kier alpha value is -2.41. The van der Waals surface area contributed by atoms with Crippen molar-refractivity contribution in [3.05, 3.63) is 39.8 Å². The third-order valence-corrected chi connectivity index (χ3v) is 5.34. The summed E-state index contributed by atoms with van der Waals surface area (Å²) in [4.78, 5) is 31.9. The molecule has 0 bridgehead atoms. The first kappa shape index (κ1) is 17.4. The van der Waals surface area contributed by atoms with Crippen molar-refractivity contribution in [3.63, 3.8) is 0 Å². The highest BCUT2D eigenvalue weighted by Crippen LogP contribution is 2.33. The minimum absolute atomic E-state index is 0.0370. The maximum atomic E-state index is 12.5. The minimum Gasteiger partial charge on any atom is -0.479 e. The van der Waals surface area contributed by atoms with Gasteiger partial charge in [0.15, 0.2) is 6.10 Å². The van der Waals surface area contributed by atoms with Crippen LogP contribution < -0.4 is 15.0 Å². The van der Waals surface area contributed by atoms with E-state index < -0.39 is 6.10 Å². The van der Waals surface area contributed by atoms with Crippen molar-refractivity contribution in [1.82, 2.24) is 10.3 Å². The van der Waals surface area contributed by atoms with Crippen LogP contribution in [0.3, 0.4) is 0 Å². The molecule has 0 fully saturated rings. The number of carbonyl (C=O) groups is 2. The molecule has 0 aliphatic carbocycles. The van der Waals surface area contributed by atoms with Gasteiger partial charge < -0.3 is 10.1 Å². The maximum absolute atomic E-state index is 12.5. The number of hydrogen-bond acceptors (Lipinski definition) is 5. The molecule has 1 aliphatic heterocycles. The molecular weight excluding hydrogens is 338 g/mol. The van der Waals surface area contributed by atoms with E-state index in [9.17, 15) is 9.59 Å². The Kier molecular flexibility index (Phi) is 4.76. The molecule has 2 amide bonds. The smallest absolute Gasteiger partial charge is 0.268 e. The van der Waals surface area contributed by atoms with Crippen LogP contribution in [-0.2, 0) is 9.59 Å². The highest BCUT2D eigenvalue weighted by molar-refractivity contribution is 7.11. The Labute approximate surface area is 150 Å². The number of benzene rings is 1. The fourth-order valence-electron chi connectivity index (χ4n) is 2.97. The van der Waals surface area contributed by atoms with Crippen molar-refractivity contribution in [2.45, 2.75) is 39.8 Å². The third kappa shape index (κ3) is 3.51. The lowest BCUT2D eigenvalue weighted by atomic mass is 10.2. The van der Waals surface area contributed by atoms with Gasteiger partial charge in [-0.2, -0.15) is 0 Å². The van der Waals surface area contributed by atoms with Gasteiger partial charge in [0.25, 0.3) is 5.91 Å². The van der Waals surface area contributed by atoms with E-state index in [1.807, 2.05) is 32.9 Å². The van der Waals surface area contributed by atoms with Crippen molar-refractivity contribution in [1.29, 1.82) is 0 Å². The largest absolute Gasteiger partial charge is 0.479 e. The summed E-state index contributed by atoms with van der Waals surface area (Å²) in [5.74, 6) is 0.186. The van der Waals surface area contributed by atoms with Crippen LogP contribution in [0.15, 0.2) is 24.3 Å². The summed E-state index contributed by atoms with van der Waals surface area (Å²) in [7, 11) is 0. The molecule has 1 N–H and O–H groups in total. The van der Waals surface area contributed by atoms with Crippen LogP contribution in [0.1, 0.15) is 35.5 Å². The molecule has 0 radical (unpaired) electrons. The third-order valence-electron chi connectivity index (χ3n) is 4.09. The van der Waals surface area contributed by atoms with Gasteiger partial charge in [-0.25, -0.2) is 4.98 Å². The number of carbonyl (C=O) groups excluding carboxylic acids is 2. The number of para-hydroxylation sites is 2. The van der Waals surface area contributed by atoms with E-state index >= 15 is 0 Å². The fraction of sp³-hybridized carbons (Fsp3) is 0.389. The zero-order chi connectivity index (χ0) is 18.1. The van der Waals surface area contributed by atoms with Crippen molar-refractivity contribution < 1.29 is 14.3 Å². The molecule has 6 nitrogen and oxygen atoms in total. The fourth-order valence-corrected chi connectivity index (χ4v) is 3.90. The molecule has 2 unspecified atom stereocenters. The lowest BCUT2D eigenvalue weighted by Gasteiger charge is -2.32. The summed E-state index contributed by atoms with van der Waals surface area (Å²) in [6.45, 7) is 7.46. The van der Waals surface area contributed by atoms with Gasteiger partial charge in [-0.05, 0) is 39.8 Å². The first-order valence-electron chi connectivity index (χ1n) is 8.17. The minimum atomic E-state index is -0.605. The molecule has 1 aliphatic rings. The summed E-state index contributed by atoms with van der Waals surface area (Å²) in [6, 6.07) is 7.10. The average molecular weight is 359 g/mol. The van der Waals surface area contributed by atoms with Crippen LogP contribution in [0.2, 0.25) is 0 Å². The van der Waals surface area contributed by atoms with E-state index in [4.69, 9.17) is 4.74 Å². The first-order chi connectivity index (χ1) is 11.9. The number of fused-ring (bicyclic) bond motifs is 1. The average Bonchev–Trinajstić information content (AvgIpc) is 2.90. The molecule has 2 aromatic rings. The molecule has 25 heavy (non-hydrogen) atoms. The normalized spacial score (nSPS) is 17.7. The zero-order valence-electron chi connectivity index (χ0n) is 14.7. The number of aryl methyl sites for hydroxylation is 2. The molecule has 132 valence electrons. The maximum Gasteiger partial charge on any atom is 0.268 e. The number of rotatable bonds is 4.